The molecule has 0 aromatic carbocycles. The number of carbonyl (C=O) groups excluding carboxylic acids is 2. The lowest BCUT2D eigenvalue weighted by Gasteiger charge is -2.14. The first-order valence-corrected chi connectivity index (χ1v) is 6.32. The number of hydrogen-bond donors (Lipinski definition) is 1. The number of carboxylic acid groups (broad SMARTS) is 1. The van der Waals surface area contributed by atoms with Gasteiger partial charge in [0, 0.05) is 19.3 Å². The number of hydroxylamine groups is 2. The lowest BCUT2D eigenvalue weighted by Crippen LogP contribution is -2.28. The van der Waals surface area contributed by atoms with Gasteiger partial charge in [0.25, 0.3) is 5.91 Å². The number of unbranched alkanes of at least 4 members (excludes halogenated alkanes) is 3. The van der Waals surface area contributed by atoms with Gasteiger partial charge < -0.3 is 9.94 Å². The van der Waals surface area contributed by atoms with Crippen LogP contribution in [-0.4, -0.2) is 34.6 Å². The predicted molar refractivity (Wildman–Crippen MR) is 62.4 cm³/mol. The molecule has 18 heavy (non-hydrogen) atoms. The van der Waals surface area contributed by atoms with Crippen molar-refractivity contribution < 1.29 is 24.3 Å². The molecule has 0 unspecified atom stereocenters. The molecule has 0 radical (unpaired) electrons. The van der Waals surface area contributed by atoms with Crippen LogP contribution >= 0.6 is 0 Å². The quantitative estimate of drug-likeness (QED) is 0.666. The normalized spacial score (nSPS) is 14.9. The second-order valence-electron chi connectivity index (χ2n) is 4.37. The standard InChI is InChI=1S/C12H19NO5/c14-10-6-5-9-13(10)18-12(17)8-4-2-1-3-7-11(15)16/h1-9H2,(H,15,16). The van der Waals surface area contributed by atoms with Crippen LogP contribution in [0, 0.1) is 0 Å². The lowest BCUT2D eigenvalue weighted by atomic mass is 10.1. The van der Waals surface area contributed by atoms with Crippen molar-refractivity contribution in [2.75, 3.05) is 6.54 Å². The van der Waals surface area contributed by atoms with E-state index in [1.807, 2.05) is 0 Å². The second-order valence-corrected chi connectivity index (χ2v) is 4.37. The number of carbonyl (C=O) groups is 3. The Bertz CT molecular complexity index is 316. The minimum absolute atomic E-state index is 0.134. The molecule has 1 N–H and O–H groups in total. The topological polar surface area (TPSA) is 83.9 Å². The summed E-state index contributed by atoms with van der Waals surface area (Å²) < 4.78 is 0. The molecular formula is C12H19NO5. The fourth-order valence-corrected chi connectivity index (χ4v) is 1.79. The molecule has 6 nitrogen and oxygen atoms in total. The monoisotopic (exact) mass is 257 g/mol. The molecule has 0 aromatic rings. The van der Waals surface area contributed by atoms with Crippen LogP contribution in [0.5, 0.6) is 0 Å². The molecule has 0 spiro atoms. The third-order valence-electron chi connectivity index (χ3n) is 2.76. The Morgan fingerprint density at radius 2 is 1.83 bits per heavy atom. The van der Waals surface area contributed by atoms with E-state index in [1.54, 1.807) is 0 Å². The maximum Gasteiger partial charge on any atom is 0.332 e. The van der Waals surface area contributed by atoms with Gasteiger partial charge in [-0.25, -0.2) is 4.79 Å². The maximum atomic E-state index is 11.4. The highest BCUT2D eigenvalue weighted by atomic mass is 16.7. The van der Waals surface area contributed by atoms with E-state index in [1.165, 1.54) is 0 Å². The summed E-state index contributed by atoms with van der Waals surface area (Å²) in [5.41, 5.74) is 0. The van der Waals surface area contributed by atoms with Gasteiger partial charge in [-0.3, -0.25) is 9.59 Å². The first-order chi connectivity index (χ1) is 8.59. The molecule has 102 valence electrons. The van der Waals surface area contributed by atoms with E-state index in [-0.39, 0.29) is 24.7 Å². The van der Waals surface area contributed by atoms with Gasteiger partial charge in [-0.15, -0.1) is 0 Å². The molecular weight excluding hydrogens is 238 g/mol. The second kappa shape index (κ2) is 7.68. The van der Waals surface area contributed by atoms with Crippen molar-refractivity contribution in [3.05, 3.63) is 0 Å². The molecule has 1 amide bonds. The Morgan fingerprint density at radius 3 is 2.39 bits per heavy atom. The fourth-order valence-electron chi connectivity index (χ4n) is 1.79. The van der Waals surface area contributed by atoms with Gasteiger partial charge in [0.1, 0.15) is 0 Å². The summed E-state index contributed by atoms with van der Waals surface area (Å²) in [6.45, 7) is 0.489. The first-order valence-electron chi connectivity index (χ1n) is 6.32. The third kappa shape index (κ3) is 5.65. The van der Waals surface area contributed by atoms with E-state index in [2.05, 4.69) is 0 Å². The smallest absolute Gasteiger partial charge is 0.332 e. The zero-order valence-corrected chi connectivity index (χ0v) is 10.4. The van der Waals surface area contributed by atoms with Gasteiger partial charge >= 0.3 is 11.9 Å². The summed E-state index contributed by atoms with van der Waals surface area (Å²) in [5.74, 6) is -1.31. The molecule has 1 heterocycles. The van der Waals surface area contributed by atoms with E-state index in [9.17, 15) is 14.4 Å². The Kier molecular flexibility index (Phi) is 6.18. The first kappa shape index (κ1) is 14.5. The Balaban J connectivity index is 2.00. The summed E-state index contributed by atoms with van der Waals surface area (Å²) in [5, 5.41) is 9.56. The summed E-state index contributed by atoms with van der Waals surface area (Å²) >= 11 is 0. The van der Waals surface area contributed by atoms with Crippen LogP contribution in [-0.2, 0) is 19.2 Å². The van der Waals surface area contributed by atoms with Crippen LogP contribution in [0.25, 0.3) is 0 Å². The van der Waals surface area contributed by atoms with Gasteiger partial charge in [0.15, 0.2) is 0 Å². The number of amides is 1. The maximum absolute atomic E-state index is 11.4. The van der Waals surface area contributed by atoms with Crippen molar-refractivity contribution in [3.8, 4) is 0 Å². The zero-order chi connectivity index (χ0) is 13.4. The molecule has 1 aliphatic heterocycles. The van der Waals surface area contributed by atoms with Crippen molar-refractivity contribution in [1.82, 2.24) is 5.06 Å². The molecule has 0 aromatic heterocycles. The molecule has 6 heteroatoms. The van der Waals surface area contributed by atoms with Gasteiger partial charge in [0.2, 0.25) is 0 Å². The van der Waals surface area contributed by atoms with Gasteiger partial charge in [-0.2, -0.15) is 5.06 Å². The molecule has 1 aliphatic rings. The van der Waals surface area contributed by atoms with Gasteiger partial charge in [0.05, 0.1) is 6.54 Å². The fraction of sp³-hybridized carbons (Fsp3) is 0.750. The molecule has 1 saturated heterocycles. The highest BCUT2D eigenvalue weighted by Crippen LogP contribution is 2.12. The minimum Gasteiger partial charge on any atom is -0.481 e. The molecule has 1 fully saturated rings. The average molecular weight is 257 g/mol. The van der Waals surface area contributed by atoms with Crippen LogP contribution in [0.15, 0.2) is 0 Å². The minimum atomic E-state index is -0.790. The van der Waals surface area contributed by atoms with E-state index < -0.39 is 5.97 Å². The largest absolute Gasteiger partial charge is 0.481 e. The van der Waals surface area contributed by atoms with E-state index in [0.29, 0.717) is 25.8 Å². The SMILES string of the molecule is O=C(O)CCCCCCC(=O)ON1CCCC1=O. The summed E-state index contributed by atoms with van der Waals surface area (Å²) in [6.07, 6.45) is 4.53. The summed E-state index contributed by atoms with van der Waals surface area (Å²) in [4.78, 5) is 37.7. The number of nitrogens with zero attached hydrogens (tertiary/aromatic N) is 1. The number of aliphatic carboxylic acids is 1. The van der Waals surface area contributed by atoms with Crippen molar-refractivity contribution in [2.24, 2.45) is 0 Å². The number of carboxylic acids is 1. The lowest BCUT2D eigenvalue weighted by molar-refractivity contribution is -0.192. The van der Waals surface area contributed by atoms with E-state index in [4.69, 9.17) is 9.94 Å². The number of rotatable bonds is 8. The van der Waals surface area contributed by atoms with Crippen molar-refractivity contribution in [3.63, 3.8) is 0 Å². The highest BCUT2D eigenvalue weighted by Gasteiger charge is 2.23. The van der Waals surface area contributed by atoms with Gasteiger partial charge in [-0.05, 0) is 19.3 Å². The van der Waals surface area contributed by atoms with E-state index in [0.717, 1.165) is 24.3 Å². The molecule has 0 atom stereocenters. The molecule has 0 aliphatic carbocycles. The predicted octanol–water partition coefficient (Wildman–Crippen LogP) is 1.49. The van der Waals surface area contributed by atoms with Crippen molar-refractivity contribution in [2.45, 2.75) is 51.4 Å². The highest BCUT2D eigenvalue weighted by molar-refractivity contribution is 5.79. The molecule has 0 bridgehead atoms. The Hall–Kier alpha value is -1.59. The summed E-state index contributed by atoms with van der Waals surface area (Å²) in [6, 6.07) is 0. The number of hydrogen-bond acceptors (Lipinski definition) is 4. The van der Waals surface area contributed by atoms with Crippen molar-refractivity contribution >= 4 is 17.8 Å². The molecule has 1 rings (SSSR count). The van der Waals surface area contributed by atoms with Crippen LogP contribution < -0.4 is 0 Å². The van der Waals surface area contributed by atoms with Crippen molar-refractivity contribution in [1.29, 1.82) is 0 Å². The Morgan fingerprint density at radius 1 is 1.17 bits per heavy atom. The average Bonchev–Trinajstić information content (AvgIpc) is 2.69. The third-order valence-corrected chi connectivity index (χ3v) is 2.76. The van der Waals surface area contributed by atoms with E-state index >= 15 is 0 Å². The van der Waals surface area contributed by atoms with Crippen LogP contribution in [0.2, 0.25) is 0 Å². The van der Waals surface area contributed by atoms with Gasteiger partial charge in [-0.1, -0.05) is 12.8 Å². The zero-order valence-electron chi connectivity index (χ0n) is 10.4. The van der Waals surface area contributed by atoms with Crippen LogP contribution in [0.4, 0.5) is 0 Å². The molecule has 0 saturated carbocycles. The Labute approximate surface area is 106 Å². The van der Waals surface area contributed by atoms with Crippen LogP contribution in [0.1, 0.15) is 51.4 Å². The summed E-state index contributed by atoms with van der Waals surface area (Å²) in [7, 11) is 0. The van der Waals surface area contributed by atoms with Crippen LogP contribution in [0.3, 0.4) is 0 Å².